The Balaban J connectivity index is 1.68. The lowest BCUT2D eigenvalue weighted by Gasteiger charge is -2.08. The summed E-state index contributed by atoms with van der Waals surface area (Å²) in [6.45, 7) is 2.07. The molecule has 0 spiro atoms. The maximum Gasteiger partial charge on any atom is 0.175 e. The topological polar surface area (TPSA) is 64.8 Å². The van der Waals surface area contributed by atoms with Gasteiger partial charge < -0.3 is 0 Å². The zero-order valence-corrected chi connectivity index (χ0v) is 18.3. The number of aryl methyl sites for hydroxylation is 1. The lowest BCUT2D eigenvalue weighted by Crippen LogP contribution is -1.99. The fourth-order valence-corrected chi connectivity index (χ4v) is 4.45. The van der Waals surface area contributed by atoms with Crippen LogP contribution >= 0.6 is 11.8 Å². The molecule has 0 saturated heterocycles. The number of sulfone groups is 1. The van der Waals surface area contributed by atoms with Gasteiger partial charge in [-0.05, 0) is 55.5 Å². The standard InChI is InChI=1S/C23H21N3O2S2/c1-17-5-9-21(10-6-17)29-16-19-15-26(23(25-19)18-4-3-13-24-14-18)20-7-11-22(12-8-20)30(2,27)28/h3-15H,16H2,1-2H3. The molecule has 0 N–H and O–H groups in total. The number of pyridine rings is 1. The minimum Gasteiger partial charge on any atom is -0.299 e. The van der Waals surface area contributed by atoms with Gasteiger partial charge in [0.25, 0.3) is 0 Å². The first-order valence-corrected chi connectivity index (χ1v) is 12.3. The lowest BCUT2D eigenvalue weighted by molar-refractivity contribution is 0.602. The molecule has 2 heterocycles. The Kier molecular flexibility index (Phi) is 5.74. The molecule has 0 amide bonds. The van der Waals surface area contributed by atoms with Crippen LogP contribution in [-0.4, -0.2) is 29.2 Å². The first-order chi connectivity index (χ1) is 14.4. The summed E-state index contributed by atoms with van der Waals surface area (Å²) in [6, 6.07) is 19.1. The summed E-state index contributed by atoms with van der Waals surface area (Å²) >= 11 is 1.73. The van der Waals surface area contributed by atoms with E-state index in [1.807, 2.05) is 22.9 Å². The summed E-state index contributed by atoms with van der Waals surface area (Å²) < 4.78 is 25.5. The van der Waals surface area contributed by atoms with Crippen LogP contribution in [0.4, 0.5) is 0 Å². The molecular formula is C23H21N3O2S2. The van der Waals surface area contributed by atoms with E-state index in [0.717, 1.165) is 28.5 Å². The second kappa shape index (κ2) is 8.45. The largest absolute Gasteiger partial charge is 0.299 e. The van der Waals surface area contributed by atoms with Crippen LogP contribution in [0.25, 0.3) is 17.1 Å². The molecule has 0 fully saturated rings. The van der Waals surface area contributed by atoms with Crippen molar-refractivity contribution in [3.05, 3.63) is 90.5 Å². The summed E-state index contributed by atoms with van der Waals surface area (Å²) in [6.07, 6.45) is 6.71. The van der Waals surface area contributed by atoms with Gasteiger partial charge in [-0.25, -0.2) is 13.4 Å². The number of thioether (sulfide) groups is 1. The lowest BCUT2D eigenvalue weighted by atomic mass is 10.2. The molecule has 152 valence electrons. The van der Waals surface area contributed by atoms with E-state index in [1.54, 1.807) is 48.4 Å². The number of benzene rings is 2. The third-order valence-corrected chi connectivity index (χ3v) is 6.80. The quantitative estimate of drug-likeness (QED) is 0.402. The van der Waals surface area contributed by atoms with Gasteiger partial charge in [0.15, 0.2) is 9.84 Å². The number of hydrogen-bond donors (Lipinski definition) is 0. The van der Waals surface area contributed by atoms with Crippen molar-refractivity contribution in [2.24, 2.45) is 0 Å². The van der Waals surface area contributed by atoms with Crippen molar-refractivity contribution in [2.75, 3.05) is 6.26 Å². The van der Waals surface area contributed by atoms with Gasteiger partial charge in [0.1, 0.15) is 5.82 Å². The molecule has 0 atom stereocenters. The third-order valence-electron chi connectivity index (χ3n) is 4.63. The summed E-state index contributed by atoms with van der Waals surface area (Å²) in [5, 5.41) is 0. The van der Waals surface area contributed by atoms with Crippen LogP contribution in [-0.2, 0) is 15.6 Å². The van der Waals surface area contributed by atoms with E-state index in [-0.39, 0.29) is 0 Å². The number of nitrogens with zero attached hydrogens (tertiary/aromatic N) is 3. The van der Waals surface area contributed by atoms with E-state index in [1.165, 1.54) is 16.7 Å². The number of imidazole rings is 1. The zero-order chi connectivity index (χ0) is 21.1. The number of aromatic nitrogens is 3. The maximum atomic E-state index is 11.8. The molecule has 4 rings (SSSR count). The van der Waals surface area contributed by atoms with E-state index in [9.17, 15) is 8.42 Å². The molecule has 0 unspecified atom stereocenters. The van der Waals surface area contributed by atoms with Crippen molar-refractivity contribution in [3.63, 3.8) is 0 Å². The van der Waals surface area contributed by atoms with Crippen LogP contribution in [0.1, 0.15) is 11.3 Å². The fourth-order valence-electron chi connectivity index (χ4n) is 3.04. The second-order valence-electron chi connectivity index (χ2n) is 7.04. The Hall–Kier alpha value is -2.90. The first kappa shape index (κ1) is 20.4. The molecule has 0 aliphatic heterocycles. The van der Waals surface area contributed by atoms with E-state index in [2.05, 4.69) is 36.2 Å². The molecule has 4 aromatic rings. The Morgan fingerprint density at radius 2 is 1.73 bits per heavy atom. The fraction of sp³-hybridized carbons (Fsp3) is 0.130. The van der Waals surface area contributed by atoms with E-state index < -0.39 is 9.84 Å². The van der Waals surface area contributed by atoms with Crippen molar-refractivity contribution >= 4 is 21.6 Å². The maximum absolute atomic E-state index is 11.8. The van der Waals surface area contributed by atoms with Crippen molar-refractivity contribution in [2.45, 2.75) is 22.5 Å². The summed E-state index contributed by atoms with van der Waals surface area (Å²) in [5.74, 6) is 1.50. The van der Waals surface area contributed by atoms with Crippen LogP contribution in [0.5, 0.6) is 0 Å². The van der Waals surface area contributed by atoms with Crippen LogP contribution in [0.3, 0.4) is 0 Å². The molecule has 0 aliphatic carbocycles. The number of hydrogen-bond acceptors (Lipinski definition) is 5. The summed E-state index contributed by atoms with van der Waals surface area (Å²) in [7, 11) is -3.24. The minimum absolute atomic E-state index is 0.296. The van der Waals surface area contributed by atoms with E-state index in [0.29, 0.717) is 4.90 Å². The normalized spacial score (nSPS) is 11.5. The zero-order valence-electron chi connectivity index (χ0n) is 16.7. The Labute approximate surface area is 180 Å². The Morgan fingerprint density at radius 1 is 1.00 bits per heavy atom. The minimum atomic E-state index is -3.24. The van der Waals surface area contributed by atoms with Gasteiger partial charge in [0, 0.05) is 46.7 Å². The van der Waals surface area contributed by atoms with Crippen LogP contribution in [0, 0.1) is 6.92 Å². The van der Waals surface area contributed by atoms with Crippen molar-refractivity contribution in [1.82, 2.24) is 14.5 Å². The van der Waals surface area contributed by atoms with Gasteiger partial charge in [-0.2, -0.15) is 0 Å². The average Bonchev–Trinajstić information content (AvgIpc) is 3.18. The second-order valence-corrected chi connectivity index (χ2v) is 10.1. The molecule has 30 heavy (non-hydrogen) atoms. The molecule has 5 nitrogen and oxygen atoms in total. The third kappa shape index (κ3) is 4.63. The van der Waals surface area contributed by atoms with Gasteiger partial charge in [-0.3, -0.25) is 9.55 Å². The molecule has 0 aliphatic rings. The van der Waals surface area contributed by atoms with E-state index in [4.69, 9.17) is 4.98 Å². The summed E-state index contributed by atoms with van der Waals surface area (Å²) in [4.78, 5) is 10.5. The Bertz CT molecular complexity index is 1250. The van der Waals surface area contributed by atoms with Crippen molar-refractivity contribution in [3.8, 4) is 17.1 Å². The highest BCUT2D eigenvalue weighted by Gasteiger charge is 2.14. The van der Waals surface area contributed by atoms with E-state index >= 15 is 0 Å². The first-order valence-electron chi connectivity index (χ1n) is 9.39. The molecule has 2 aromatic heterocycles. The monoisotopic (exact) mass is 435 g/mol. The summed E-state index contributed by atoms with van der Waals surface area (Å²) in [5.41, 5.74) is 3.92. The highest BCUT2D eigenvalue weighted by atomic mass is 32.2. The van der Waals surface area contributed by atoms with Gasteiger partial charge >= 0.3 is 0 Å². The van der Waals surface area contributed by atoms with Crippen molar-refractivity contribution in [1.29, 1.82) is 0 Å². The molecule has 7 heteroatoms. The van der Waals surface area contributed by atoms with Gasteiger partial charge in [0.05, 0.1) is 10.6 Å². The van der Waals surface area contributed by atoms with Crippen LogP contribution in [0.2, 0.25) is 0 Å². The SMILES string of the molecule is Cc1ccc(SCc2cn(-c3ccc(S(C)(=O)=O)cc3)c(-c3cccnc3)n2)cc1. The van der Waals surface area contributed by atoms with Gasteiger partial charge in [-0.15, -0.1) is 11.8 Å². The van der Waals surface area contributed by atoms with Gasteiger partial charge in [0.2, 0.25) is 0 Å². The molecule has 0 radical (unpaired) electrons. The highest BCUT2D eigenvalue weighted by Crippen LogP contribution is 2.27. The van der Waals surface area contributed by atoms with Gasteiger partial charge in [-0.1, -0.05) is 17.7 Å². The molecule has 0 bridgehead atoms. The Morgan fingerprint density at radius 3 is 2.37 bits per heavy atom. The smallest absolute Gasteiger partial charge is 0.175 e. The van der Waals surface area contributed by atoms with Crippen molar-refractivity contribution < 1.29 is 8.42 Å². The molecule has 0 saturated carbocycles. The van der Waals surface area contributed by atoms with Crippen LogP contribution < -0.4 is 0 Å². The molecular weight excluding hydrogens is 414 g/mol. The predicted octanol–water partition coefficient (Wildman–Crippen LogP) is 4.94. The predicted molar refractivity (Wildman–Crippen MR) is 121 cm³/mol. The highest BCUT2D eigenvalue weighted by molar-refractivity contribution is 7.98. The average molecular weight is 436 g/mol. The number of rotatable bonds is 6. The van der Waals surface area contributed by atoms with Crippen LogP contribution in [0.15, 0.2) is 89.0 Å². The molecule has 2 aromatic carbocycles.